The first-order valence-corrected chi connectivity index (χ1v) is 9.04. The number of nitrogens with zero attached hydrogens (tertiary/aromatic N) is 5. The number of rotatable bonds is 4. The molecule has 8 heteroatoms. The SMILES string of the molecule is CCn1c(Sc2cc(C#N)c3cc(Cl)ccc3n2)nnc1-c1ccco1. The Labute approximate surface area is 158 Å². The smallest absolute Gasteiger partial charge is 0.200 e. The number of halogens is 1. The van der Waals surface area contributed by atoms with Gasteiger partial charge >= 0.3 is 0 Å². The lowest BCUT2D eigenvalue weighted by atomic mass is 10.1. The van der Waals surface area contributed by atoms with Gasteiger partial charge in [0, 0.05) is 17.0 Å². The second kappa shape index (κ2) is 6.83. The largest absolute Gasteiger partial charge is 0.461 e. The predicted molar refractivity (Wildman–Crippen MR) is 99.0 cm³/mol. The molecule has 1 aromatic carbocycles. The van der Waals surface area contributed by atoms with Crippen LogP contribution in [0.2, 0.25) is 5.02 Å². The van der Waals surface area contributed by atoms with Crippen molar-refractivity contribution in [1.29, 1.82) is 5.26 Å². The molecular weight excluding hydrogens is 370 g/mol. The summed E-state index contributed by atoms with van der Waals surface area (Å²) in [5.41, 5.74) is 1.23. The van der Waals surface area contributed by atoms with E-state index in [1.165, 1.54) is 11.8 Å². The van der Waals surface area contributed by atoms with E-state index in [0.29, 0.717) is 44.4 Å². The normalized spacial score (nSPS) is 11.0. The van der Waals surface area contributed by atoms with Gasteiger partial charge in [0.15, 0.2) is 16.7 Å². The summed E-state index contributed by atoms with van der Waals surface area (Å²) in [6.45, 7) is 2.69. The third kappa shape index (κ3) is 2.94. The molecule has 0 unspecified atom stereocenters. The van der Waals surface area contributed by atoms with E-state index in [2.05, 4.69) is 21.3 Å². The Morgan fingerprint density at radius 3 is 2.88 bits per heavy atom. The molecule has 4 aromatic rings. The molecular formula is C18H12ClN5OS. The van der Waals surface area contributed by atoms with Gasteiger partial charge in [-0.3, -0.25) is 4.57 Å². The molecule has 3 heterocycles. The van der Waals surface area contributed by atoms with Crippen molar-refractivity contribution in [2.45, 2.75) is 23.7 Å². The number of hydrogen-bond donors (Lipinski definition) is 0. The second-order valence-electron chi connectivity index (χ2n) is 5.41. The van der Waals surface area contributed by atoms with Crippen LogP contribution in [0, 0.1) is 11.3 Å². The van der Waals surface area contributed by atoms with Crippen molar-refractivity contribution >= 4 is 34.3 Å². The zero-order chi connectivity index (χ0) is 18.1. The molecule has 3 aromatic heterocycles. The lowest BCUT2D eigenvalue weighted by molar-refractivity contribution is 0.567. The minimum atomic E-state index is 0.522. The first kappa shape index (κ1) is 16.6. The van der Waals surface area contributed by atoms with Crippen molar-refractivity contribution in [2.24, 2.45) is 0 Å². The summed E-state index contributed by atoms with van der Waals surface area (Å²) < 4.78 is 7.37. The van der Waals surface area contributed by atoms with Crippen LogP contribution >= 0.6 is 23.4 Å². The summed E-state index contributed by atoms with van der Waals surface area (Å²) in [5, 5.41) is 20.6. The van der Waals surface area contributed by atoms with Gasteiger partial charge in [-0.15, -0.1) is 10.2 Å². The van der Waals surface area contributed by atoms with Crippen LogP contribution in [-0.4, -0.2) is 19.7 Å². The first-order chi connectivity index (χ1) is 12.7. The highest BCUT2D eigenvalue weighted by molar-refractivity contribution is 7.99. The monoisotopic (exact) mass is 381 g/mol. The first-order valence-electron chi connectivity index (χ1n) is 7.85. The summed E-state index contributed by atoms with van der Waals surface area (Å²) in [7, 11) is 0. The number of pyridine rings is 1. The van der Waals surface area contributed by atoms with E-state index in [1.807, 2.05) is 23.6 Å². The molecule has 0 bridgehead atoms. The van der Waals surface area contributed by atoms with Crippen molar-refractivity contribution in [3.63, 3.8) is 0 Å². The van der Waals surface area contributed by atoms with E-state index >= 15 is 0 Å². The van der Waals surface area contributed by atoms with Crippen LogP contribution in [0.1, 0.15) is 12.5 Å². The fourth-order valence-electron chi connectivity index (χ4n) is 2.65. The number of furan rings is 1. The van der Waals surface area contributed by atoms with Crippen LogP contribution in [0.25, 0.3) is 22.5 Å². The fraction of sp³-hybridized carbons (Fsp3) is 0.111. The van der Waals surface area contributed by atoms with Crippen molar-refractivity contribution in [3.8, 4) is 17.7 Å². The summed E-state index contributed by atoms with van der Waals surface area (Å²) in [5.74, 6) is 1.32. The number of aromatic nitrogens is 4. The molecule has 0 aliphatic carbocycles. The van der Waals surface area contributed by atoms with Gasteiger partial charge in [-0.2, -0.15) is 5.26 Å². The van der Waals surface area contributed by atoms with Crippen LogP contribution in [0.15, 0.2) is 57.3 Å². The van der Waals surface area contributed by atoms with Crippen molar-refractivity contribution < 1.29 is 4.42 Å². The Morgan fingerprint density at radius 2 is 2.15 bits per heavy atom. The predicted octanol–water partition coefficient (Wildman–Crippen LogP) is 4.78. The summed E-state index contributed by atoms with van der Waals surface area (Å²) in [6, 6.07) is 12.9. The third-order valence-electron chi connectivity index (χ3n) is 3.84. The lowest BCUT2D eigenvalue weighted by Crippen LogP contribution is -1.99. The Hall–Kier alpha value is -2.82. The molecule has 0 aliphatic rings. The minimum absolute atomic E-state index is 0.522. The average molecular weight is 382 g/mol. The van der Waals surface area contributed by atoms with E-state index in [9.17, 15) is 5.26 Å². The zero-order valence-corrected chi connectivity index (χ0v) is 15.3. The van der Waals surface area contributed by atoms with Crippen LogP contribution in [0.4, 0.5) is 0 Å². The number of nitriles is 1. The second-order valence-corrected chi connectivity index (χ2v) is 6.84. The average Bonchev–Trinajstić information content (AvgIpc) is 3.30. The van der Waals surface area contributed by atoms with Gasteiger partial charge in [0.05, 0.1) is 23.4 Å². The summed E-state index contributed by atoms with van der Waals surface area (Å²) in [4.78, 5) is 4.62. The Kier molecular flexibility index (Phi) is 4.37. The molecule has 0 amide bonds. The highest BCUT2D eigenvalue weighted by atomic mass is 35.5. The topological polar surface area (TPSA) is 80.5 Å². The van der Waals surface area contributed by atoms with Gasteiger partial charge in [0.2, 0.25) is 0 Å². The number of benzene rings is 1. The lowest BCUT2D eigenvalue weighted by Gasteiger charge is -2.07. The quantitative estimate of drug-likeness (QED) is 0.506. The van der Waals surface area contributed by atoms with E-state index in [0.717, 1.165) is 5.39 Å². The highest BCUT2D eigenvalue weighted by Gasteiger charge is 2.17. The van der Waals surface area contributed by atoms with Crippen molar-refractivity contribution in [1.82, 2.24) is 19.7 Å². The van der Waals surface area contributed by atoms with Gasteiger partial charge in [-0.05, 0) is 55.1 Å². The zero-order valence-electron chi connectivity index (χ0n) is 13.7. The molecule has 4 rings (SSSR count). The van der Waals surface area contributed by atoms with Gasteiger partial charge in [0.1, 0.15) is 5.03 Å². The van der Waals surface area contributed by atoms with E-state index in [1.54, 1.807) is 30.5 Å². The van der Waals surface area contributed by atoms with Crippen LogP contribution in [0.3, 0.4) is 0 Å². The maximum Gasteiger partial charge on any atom is 0.200 e. The molecule has 0 fully saturated rings. The van der Waals surface area contributed by atoms with Crippen molar-refractivity contribution in [2.75, 3.05) is 0 Å². The number of hydrogen-bond acceptors (Lipinski definition) is 6. The maximum absolute atomic E-state index is 9.47. The summed E-state index contributed by atoms with van der Waals surface area (Å²) >= 11 is 7.39. The summed E-state index contributed by atoms with van der Waals surface area (Å²) in [6.07, 6.45) is 1.60. The molecule has 6 nitrogen and oxygen atoms in total. The van der Waals surface area contributed by atoms with Crippen molar-refractivity contribution in [3.05, 3.63) is 53.2 Å². The Bertz CT molecular complexity index is 1130. The van der Waals surface area contributed by atoms with Crippen LogP contribution in [0.5, 0.6) is 0 Å². The molecule has 0 radical (unpaired) electrons. The Morgan fingerprint density at radius 1 is 1.27 bits per heavy atom. The van der Waals surface area contributed by atoms with Crippen LogP contribution in [-0.2, 0) is 6.54 Å². The fourth-order valence-corrected chi connectivity index (χ4v) is 3.74. The molecule has 0 atom stereocenters. The number of fused-ring (bicyclic) bond motifs is 1. The van der Waals surface area contributed by atoms with Gasteiger partial charge < -0.3 is 4.42 Å². The molecule has 0 saturated carbocycles. The van der Waals surface area contributed by atoms with Gasteiger partial charge in [0.25, 0.3) is 0 Å². The van der Waals surface area contributed by atoms with Gasteiger partial charge in [-0.1, -0.05) is 11.6 Å². The standard InChI is InChI=1S/C18H12ClN5OS/c1-2-24-17(15-4-3-7-25-15)22-23-18(24)26-16-8-11(10-20)13-9-12(19)5-6-14(13)21-16/h3-9H,2H2,1H3. The molecule has 0 saturated heterocycles. The molecule has 0 spiro atoms. The molecule has 0 N–H and O–H groups in total. The molecule has 0 aliphatic heterocycles. The molecule has 128 valence electrons. The molecule has 26 heavy (non-hydrogen) atoms. The van der Waals surface area contributed by atoms with E-state index in [4.69, 9.17) is 16.0 Å². The third-order valence-corrected chi connectivity index (χ3v) is 4.98. The Balaban J connectivity index is 1.76. The van der Waals surface area contributed by atoms with Crippen LogP contribution < -0.4 is 0 Å². The van der Waals surface area contributed by atoms with E-state index in [-0.39, 0.29) is 0 Å². The van der Waals surface area contributed by atoms with E-state index < -0.39 is 0 Å². The maximum atomic E-state index is 9.47. The highest BCUT2D eigenvalue weighted by Crippen LogP contribution is 2.31. The van der Waals surface area contributed by atoms with Gasteiger partial charge in [-0.25, -0.2) is 4.98 Å². The minimum Gasteiger partial charge on any atom is -0.461 e.